The lowest BCUT2D eigenvalue weighted by molar-refractivity contribution is 0.0949. The number of benzene rings is 3. The molecular formula is C23H18N2O. The van der Waals surface area contributed by atoms with Crippen molar-refractivity contribution in [1.29, 1.82) is 0 Å². The van der Waals surface area contributed by atoms with Gasteiger partial charge >= 0.3 is 0 Å². The van der Waals surface area contributed by atoms with Gasteiger partial charge in [0.25, 0.3) is 5.91 Å². The molecule has 0 saturated carbocycles. The molecule has 2 heterocycles. The van der Waals surface area contributed by atoms with Gasteiger partial charge in [-0.2, -0.15) is 0 Å². The SMILES string of the molecule is Cc1ccc(C2(C)c3ccccc3C(=O)n3c2nc2ccccc23)cc1. The molecule has 3 aromatic carbocycles. The fourth-order valence-electron chi connectivity index (χ4n) is 4.08. The number of fused-ring (bicyclic) bond motifs is 4. The second-order valence-corrected chi connectivity index (χ2v) is 7.10. The second-order valence-electron chi connectivity index (χ2n) is 7.10. The summed E-state index contributed by atoms with van der Waals surface area (Å²) < 4.78 is 1.79. The van der Waals surface area contributed by atoms with Gasteiger partial charge in [0.2, 0.25) is 0 Å². The maximum atomic E-state index is 13.3. The van der Waals surface area contributed by atoms with E-state index < -0.39 is 5.41 Å². The first-order valence-electron chi connectivity index (χ1n) is 8.80. The van der Waals surface area contributed by atoms with Crippen LogP contribution in [0.15, 0.2) is 72.8 Å². The average molecular weight is 338 g/mol. The van der Waals surface area contributed by atoms with Crippen molar-refractivity contribution in [2.24, 2.45) is 0 Å². The average Bonchev–Trinajstić information content (AvgIpc) is 3.07. The number of imidazole rings is 1. The lowest BCUT2D eigenvalue weighted by Crippen LogP contribution is -2.38. The quantitative estimate of drug-likeness (QED) is 0.504. The molecule has 1 aromatic heterocycles. The summed E-state index contributed by atoms with van der Waals surface area (Å²) in [6, 6.07) is 24.3. The summed E-state index contributed by atoms with van der Waals surface area (Å²) in [6.07, 6.45) is 0. The van der Waals surface area contributed by atoms with Crippen LogP contribution in [0.5, 0.6) is 0 Å². The third-order valence-electron chi connectivity index (χ3n) is 5.54. The van der Waals surface area contributed by atoms with Crippen molar-refractivity contribution in [2.75, 3.05) is 0 Å². The van der Waals surface area contributed by atoms with E-state index in [-0.39, 0.29) is 5.91 Å². The van der Waals surface area contributed by atoms with Gasteiger partial charge in [0.1, 0.15) is 5.82 Å². The molecule has 0 aliphatic carbocycles. The number of hydrogen-bond donors (Lipinski definition) is 0. The zero-order chi connectivity index (χ0) is 17.9. The van der Waals surface area contributed by atoms with E-state index in [1.165, 1.54) is 5.56 Å². The molecule has 0 fully saturated rings. The molecule has 0 saturated heterocycles. The monoisotopic (exact) mass is 338 g/mol. The highest BCUT2D eigenvalue weighted by Gasteiger charge is 2.44. The third-order valence-corrected chi connectivity index (χ3v) is 5.54. The zero-order valence-electron chi connectivity index (χ0n) is 14.7. The number of carbonyl (C=O) groups excluding carboxylic acids is 1. The molecule has 4 aromatic rings. The molecule has 0 bridgehead atoms. The van der Waals surface area contributed by atoms with Crippen LogP contribution in [0.4, 0.5) is 0 Å². The molecule has 3 nitrogen and oxygen atoms in total. The largest absolute Gasteiger partial charge is 0.268 e. The molecule has 126 valence electrons. The molecule has 1 aliphatic rings. The molecule has 26 heavy (non-hydrogen) atoms. The summed E-state index contributed by atoms with van der Waals surface area (Å²) in [6.45, 7) is 4.25. The molecule has 1 unspecified atom stereocenters. The van der Waals surface area contributed by atoms with Crippen LogP contribution in [-0.2, 0) is 5.41 Å². The number of nitrogens with zero attached hydrogens (tertiary/aromatic N) is 2. The normalized spacial score (nSPS) is 18.6. The summed E-state index contributed by atoms with van der Waals surface area (Å²) in [5.74, 6) is 0.778. The number of rotatable bonds is 1. The molecule has 1 atom stereocenters. The molecule has 0 amide bonds. The van der Waals surface area contributed by atoms with Crippen molar-refractivity contribution >= 4 is 16.9 Å². The van der Waals surface area contributed by atoms with Crippen molar-refractivity contribution in [3.05, 3.63) is 101 Å². The molecule has 3 heteroatoms. The van der Waals surface area contributed by atoms with Crippen LogP contribution in [0.1, 0.15) is 39.8 Å². The van der Waals surface area contributed by atoms with Crippen LogP contribution < -0.4 is 0 Å². The van der Waals surface area contributed by atoms with Crippen LogP contribution in [0, 0.1) is 6.92 Å². The van der Waals surface area contributed by atoms with Gasteiger partial charge in [0.15, 0.2) is 0 Å². The third kappa shape index (κ3) is 1.83. The van der Waals surface area contributed by atoms with Crippen LogP contribution >= 0.6 is 0 Å². The van der Waals surface area contributed by atoms with E-state index in [2.05, 4.69) is 44.2 Å². The molecule has 5 rings (SSSR count). The summed E-state index contributed by atoms with van der Waals surface area (Å²) in [5.41, 5.74) is 5.33. The van der Waals surface area contributed by atoms with Gasteiger partial charge < -0.3 is 0 Å². The first kappa shape index (κ1) is 15.1. The standard InChI is InChI=1S/C23H18N2O/c1-15-11-13-16(14-12-15)23(2)18-8-4-3-7-17(18)21(26)25-20-10-6-5-9-19(20)24-22(23)25/h3-14H,1-2H3. The van der Waals surface area contributed by atoms with Gasteiger partial charge in [-0.15, -0.1) is 0 Å². The van der Waals surface area contributed by atoms with E-state index in [0.717, 1.165) is 33.5 Å². The topological polar surface area (TPSA) is 34.9 Å². The van der Waals surface area contributed by atoms with Gasteiger partial charge in [0, 0.05) is 5.56 Å². The van der Waals surface area contributed by atoms with Crippen molar-refractivity contribution < 1.29 is 4.79 Å². The zero-order valence-corrected chi connectivity index (χ0v) is 14.7. The summed E-state index contributed by atoms with van der Waals surface area (Å²) >= 11 is 0. The number of carbonyl (C=O) groups is 1. The predicted octanol–water partition coefficient (Wildman–Crippen LogP) is 4.70. The Bertz CT molecular complexity index is 1170. The Balaban J connectivity index is 1.93. The van der Waals surface area contributed by atoms with Crippen LogP contribution in [-0.4, -0.2) is 15.5 Å². The van der Waals surface area contributed by atoms with E-state index in [1.54, 1.807) is 4.57 Å². The summed E-state index contributed by atoms with van der Waals surface area (Å²) in [7, 11) is 0. The highest BCUT2D eigenvalue weighted by atomic mass is 16.2. The smallest absolute Gasteiger partial charge is 0.264 e. The van der Waals surface area contributed by atoms with Crippen molar-refractivity contribution in [3.63, 3.8) is 0 Å². The Morgan fingerprint density at radius 1 is 0.885 bits per heavy atom. The summed E-state index contributed by atoms with van der Waals surface area (Å²) in [4.78, 5) is 18.2. The van der Waals surface area contributed by atoms with E-state index in [9.17, 15) is 4.79 Å². The highest BCUT2D eigenvalue weighted by molar-refractivity contribution is 6.05. The number of hydrogen-bond acceptors (Lipinski definition) is 2. The van der Waals surface area contributed by atoms with E-state index in [4.69, 9.17) is 4.98 Å². The van der Waals surface area contributed by atoms with E-state index in [1.807, 2.05) is 42.5 Å². The molecule has 0 N–H and O–H groups in total. The summed E-state index contributed by atoms with van der Waals surface area (Å²) in [5, 5.41) is 0. The highest BCUT2D eigenvalue weighted by Crippen LogP contribution is 2.44. The molecule has 1 aliphatic heterocycles. The minimum Gasteiger partial charge on any atom is -0.268 e. The maximum Gasteiger partial charge on any atom is 0.264 e. The van der Waals surface area contributed by atoms with Gasteiger partial charge in [-0.1, -0.05) is 60.2 Å². The maximum absolute atomic E-state index is 13.3. The minimum absolute atomic E-state index is 0.00566. The fraction of sp³-hybridized carbons (Fsp3) is 0.130. The van der Waals surface area contributed by atoms with Gasteiger partial charge in [-0.05, 0) is 43.2 Å². The molecule has 0 radical (unpaired) electrons. The Morgan fingerprint density at radius 3 is 2.38 bits per heavy atom. The van der Waals surface area contributed by atoms with Gasteiger partial charge in [0.05, 0.1) is 16.4 Å². The number of aromatic nitrogens is 2. The Hall–Kier alpha value is -3.20. The van der Waals surface area contributed by atoms with Crippen LogP contribution in [0.2, 0.25) is 0 Å². The lowest BCUT2D eigenvalue weighted by atomic mass is 9.71. The minimum atomic E-state index is -0.489. The van der Waals surface area contributed by atoms with Crippen molar-refractivity contribution in [1.82, 2.24) is 9.55 Å². The molecule has 0 spiro atoms. The Kier molecular flexibility index (Phi) is 2.99. The van der Waals surface area contributed by atoms with Gasteiger partial charge in [-0.3, -0.25) is 9.36 Å². The van der Waals surface area contributed by atoms with Crippen molar-refractivity contribution in [3.8, 4) is 0 Å². The Labute approximate surface area is 151 Å². The lowest BCUT2D eigenvalue weighted by Gasteiger charge is -2.36. The second kappa shape index (κ2) is 5.15. The molecular weight excluding hydrogens is 320 g/mol. The van der Waals surface area contributed by atoms with Crippen LogP contribution in [0.25, 0.3) is 11.0 Å². The predicted molar refractivity (Wildman–Crippen MR) is 103 cm³/mol. The van der Waals surface area contributed by atoms with Gasteiger partial charge in [-0.25, -0.2) is 4.98 Å². The van der Waals surface area contributed by atoms with Crippen LogP contribution in [0.3, 0.4) is 0 Å². The van der Waals surface area contributed by atoms with Crippen molar-refractivity contribution in [2.45, 2.75) is 19.3 Å². The first-order chi connectivity index (χ1) is 12.6. The van der Waals surface area contributed by atoms with E-state index in [0.29, 0.717) is 0 Å². The fourth-order valence-corrected chi connectivity index (χ4v) is 4.08. The van der Waals surface area contributed by atoms with E-state index >= 15 is 0 Å². The Morgan fingerprint density at radius 2 is 1.58 bits per heavy atom. The first-order valence-corrected chi connectivity index (χ1v) is 8.80. The number of aryl methyl sites for hydroxylation is 1. The number of para-hydroxylation sites is 2.